The van der Waals surface area contributed by atoms with Crippen molar-refractivity contribution in [2.45, 2.75) is 51.0 Å². The van der Waals surface area contributed by atoms with Crippen molar-refractivity contribution in [1.82, 2.24) is 19.9 Å². The molecule has 6 nitrogen and oxygen atoms in total. The molecular formula is C23H28FN5O. The van der Waals surface area contributed by atoms with Crippen molar-refractivity contribution in [2.24, 2.45) is 0 Å². The zero-order valence-electron chi connectivity index (χ0n) is 17.1. The van der Waals surface area contributed by atoms with Gasteiger partial charge in [-0.05, 0) is 43.9 Å². The highest BCUT2D eigenvalue weighted by Crippen LogP contribution is 2.21. The van der Waals surface area contributed by atoms with Crippen molar-refractivity contribution >= 4 is 17.4 Å². The van der Waals surface area contributed by atoms with E-state index in [2.05, 4.69) is 15.3 Å². The van der Waals surface area contributed by atoms with Gasteiger partial charge in [0.15, 0.2) is 5.65 Å². The molecule has 1 saturated carbocycles. The molecule has 30 heavy (non-hydrogen) atoms. The highest BCUT2D eigenvalue weighted by atomic mass is 19.1. The summed E-state index contributed by atoms with van der Waals surface area (Å²) in [6.07, 6.45) is 11.8. The quantitative estimate of drug-likeness (QED) is 0.704. The van der Waals surface area contributed by atoms with Crippen molar-refractivity contribution < 1.29 is 9.18 Å². The predicted molar refractivity (Wildman–Crippen MR) is 115 cm³/mol. The highest BCUT2D eigenvalue weighted by molar-refractivity contribution is 5.99. The molecule has 2 aliphatic rings. The number of anilines is 1. The maximum absolute atomic E-state index is 12.6. The molecule has 1 aliphatic heterocycles. The van der Waals surface area contributed by atoms with Crippen LogP contribution in [0, 0.1) is 5.82 Å². The lowest BCUT2D eigenvalue weighted by atomic mass is 9.95. The summed E-state index contributed by atoms with van der Waals surface area (Å²) in [5, 5.41) is 7.43. The normalized spacial score (nSPS) is 16.9. The standard InChI is InChI=1S/C17H23N5O.C6H5F/c23-17(19-13-6-2-1-3-7-13)14-12-18-22-11-8-15(20-16(14)22)21-9-4-5-10-21;7-6-4-2-1-3-5-6/h8,11-13H,1-7,9-10H2,(H,19,23);1-5H. The van der Waals surface area contributed by atoms with E-state index in [0.717, 1.165) is 31.7 Å². The molecule has 1 saturated heterocycles. The van der Waals surface area contributed by atoms with Crippen molar-refractivity contribution in [3.05, 3.63) is 60.2 Å². The van der Waals surface area contributed by atoms with E-state index in [4.69, 9.17) is 4.98 Å². The van der Waals surface area contributed by atoms with Crippen LogP contribution in [0.25, 0.3) is 5.65 Å². The first kappa shape index (κ1) is 20.3. The van der Waals surface area contributed by atoms with E-state index in [1.807, 2.05) is 12.3 Å². The number of halogens is 1. The smallest absolute Gasteiger partial charge is 0.256 e. The number of carbonyl (C=O) groups excluding carboxylic acids is 1. The van der Waals surface area contributed by atoms with Gasteiger partial charge in [0.2, 0.25) is 0 Å². The second-order valence-corrected chi connectivity index (χ2v) is 7.91. The Labute approximate surface area is 176 Å². The van der Waals surface area contributed by atoms with Crippen LogP contribution in [0.2, 0.25) is 0 Å². The minimum Gasteiger partial charge on any atom is -0.357 e. The van der Waals surface area contributed by atoms with Gasteiger partial charge in [-0.3, -0.25) is 4.79 Å². The van der Waals surface area contributed by atoms with E-state index in [9.17, 15) is 9.18 Å². The molecule has 0 atom stereocenters. The molecule has 2 fully saturated rings. The summed E-state index contributed by atoms with van der Waals surface area (Å²) in [5.41, 5.74) is 1.24. The number of hydrogen-bond acceptors (Lipinski definition) is 4. The molecule has 2 aromatic heterocycles. The first-order chi connectivity index (χ1) is 14.7. The van der Waals surface area contributed by atoms with Gasteiger partial charge in [-0.25, -0.2) is 13.9 Å². The molecular weight excluding hydrogens is 381 g/mol. The topological polar surface area (TPSA) is 62.5 Å². The Morgan fingerprint density at radius 3 is 2.40 bits per heavy atom. The summed E-state index contributed by atoms with van der Waals surface area (Å²) < 4.78 is 13.6. The Morgan fingerprint density at radius 1 is 1.00 bits per heavy atom. The van der Waals surface area contributed by atoms with Crippen LogP contribution in [0.3, 0.4) is 0 Å². The zero-order chi connectivity index (χ0) is 20.8. The van der Waals surface area contributed by atoms with Crippen LogP contribution < -0.4 is 10.2 Å². The average molecular weight is 410 g/mol. The van der Waals surface area contributed by atoms with Crippen LogP contribution in [0.15, 0.2) is 48.8 Å². The lowest BCUT2D eigenvalue weighted by molar-refractivity contribution is 0.0929. The van der Waals surface area contributed by atoms with Crippen molar-refractivity contribution in [2.75, 3.05) is 18.0 Å². The molecule has 3 heterocycles. The van der Waals surface area contributed by atoms with Crippen LogP contribution in [-0.4, -0.2) is 39.6 Å². The number of hydrogen-bond donors (Lipinski definition) is 1. The van der Waals surface area contributed by atoms with Crippen molar-refractivity contribution in [3.8, 4) is 0 Å². The fourth-order valence-electron chi connectivity index (χ4n) is 4.07. The molecule has 1 amide bonds. The summed E-state index contributed by atoms with van der Waals surface area (Å²) >= 11 is 0. The number of amides is 1. The summed E-state index contributed by atoms with van der Waals surface area (Å²) in [4.78, 5) is 19.6. The monoisotopic (exact) mass is 409 g/mol. The van der Waals surface area contributed by atoms with E-state index < -0.39 is 0 Å². The second-order valence-electron chi connectivity index (χ2n) is 7.91. The zero-order valence-corrected chi connectivity index (χ0v) is 17.1. The van der Waals surface area contributed by atoms with Gasteiger partial charge in [0.25, 0.3) is 5.91 Å². The maximum atomic E-state index is 12.6. The van der Waals surface area contributed by atoms with Crippen molar-refractivity contribution in [3.63, 3.8) is 0 Å². The number of fused-ring (bicyclic) bond motifs is 1. The lowest BCUT2D eigenvalue weighted by Gasteiger charge is -2.22. The molecule has 1 aliphatic carbocycles. The molecule has 1 N–H and O–H groups in total. The predicted octanol–water partition coefficient (Wildman–Crippen LogP) is 4.22. The number of nitrogens with zero attached hydrogens (tertiary/aromatic N) is 4. The Bertz CT molecular complexity index is 962. The highest BCUT2D eigenvalue weighted by Gasteiger charge is 2.21. The van der Waals surface area contributed by atoms with Gasteiger partial charge in [-0.1, -0.05) is 37.5 Å². The fraction of sp³-hybridized carbons (Fsp3) is 0.435. The molecule has 0 spiro atoms. The molecule has 5 rings (SSSR count). The Morgan fingerprint density at radius 2 is 1.73 bits per heavy atom. The Hall–Kier alpha value is -2.96. The van der Waals surface area contributed by atoms with Crippen LogP contribution in [0.1, 0.15) is 55.3 Å². The third kappa shape index (κ3) is 4.96. The van der Waals surface area contributed by atoms with E-state index in [-0.39, 0.29) is 11.7 Å². The summed E-state index contributed by atoms with van der Waals surface area (Å²) in [6, 6.07) is 10.2. The van der Waals surface area contributed by atoms with Crippen LogP contribution in [-0.2, 0) is 0 Å². The molecule has 0 radical (unpaired) electrons. The molecule has 158 valence electrons. The Kier molecular flexibility index (Phi) is 6.57. The summed E-state index contributed by atoms with van der Waals surface area (Å²) in [6.45, 7) is 2.09. The van der Waals surface area contributed by atoms with Gasteiger partial charge in [-0.15, -0.1) is 0 Å². The fourth-order valence-corrected chi connectivity index (χ4v) is 4.07. The average Bonchev–Trinajstić information content (AvgIpc) is 3.45. The number of aromatic nitrogens is 3. The van der Waals surface area contributed by atoms with Crippen LogP contribution in [0.5, 0.6) is 0 Å². The van der Waals surface area contributed by atoms with Gasteiger partial charge < -0.3 is 10.2 Å². The molecule has 0 unspecified atom stereocenters. The summed E-state index contributed by atoms with van der Waals surface area (Å²) in [5.74, 6) is 0.725. The van der Waals surface area contributed by atoms with E-state index in [1.54, 1.807) is 28.9 Å². The molecule has 0 bridgehead atoms. The minimum absolute atomic E-state index is 0.0435. The molecule has 3 aromatic rings. The van der Waals surface area contributed by atoms with E-state index >= 15 is 0 Å². The third-order valence-corrected chi connectivity index (χ3v) is 5.70. The second kappa shape index (κ2) is 9.69. The first-order valence-corrected chi connectivity index (χ1v) is 10.8. The number of rotatable bonds is 3. The molecule has 1 aromatic carbocycles. The number of nitrogens with one attached hydrogen (secondary N) is 1. The van der Waals surface area contributed by atoms with Gasteiger partial charge in [-0.2, -0.15) is 5.10 Å². The molecule has 7 heteroatoms. The van der Waals surface area contributed by atoms with Crippen molar-refractivity contribution in [1.29, 1.82) is 0 Å². The van der Waals surface area contributed by atoms with Gasteiger partial charge in [0.05, 0.1) is 6.20 Å². The minimum atomic E-state index is -0.178. The number of carbonyl (C=O) groups is 1. The maximum Gasteiger partial charge on any atom is 0.256 e. The van der Waals surface area contributed by atoms with E-state index in [0.29, 0.717) is 17.3 Å². The Balaban J connectivity index is 0.000000265. The van der Waals surface area contributed by atoms with Gasteiger partial charge in [0.1, 0.15) is 17.2 Å². The largest absolute Gasteiger partial charge is 0.357 e. The number of benzene rings is 1. The van der Waals surface area contributed by atoms with Gasteiger partial charge in [0, 0.05) is 25.3 Å². The van der Waals surface area contributed by atoms with E-state index in [1.165, 1.54) is 44.2 Å². The van der Waals surface area contributed by atoms with Crippen LogP contribution in [0.4, 0.5) is 10.2 Å². The van der Waals surface area contributed by atoms with Crippen LogP contribution >= 0.6 is 0 Å². The third-order valence-electron chi connectivity index (χ3n) is 5.70. The SMILES string of the molecule is Fc1ccccc1.O=C(NC1CCCCC1)c1cnn2ccc(N3CCCC3)nc12. The van der Waals surface area contributed by atoms with Gasteiger partial charge >= 0.3 is 0 Å². The lowest BCUT2D eigenvalue weighted by Crippen LogP contribution is -2.36. The summed E-state index contributed by atoms with van der Waals surface area (Å²) in [7, 11) is 0. The first-order valence-electron chi connectivity index (χ1n) is 10.8.